The van der Waals surface area contributed by atoms with Crippen molar-refractivity contribution in [2.45, 2.75) is 20.4 Å². The van der Waals surface area contributed by atoms with Crippen LogP contribution >= 0.6 is 23.2 Å². The van der Waals surface area contributed by atoms with Gasteiger partial charge in [0.1, 0.15) is 0 Å². The summed E-state index contributed by atoms with van der Waals surface area (Å²) in [6.07, 6.45) is 3.61. The molecule has 0 aliphatic rings. The van der Waals surface area contributed by atoms with Crippen LogP contribution in [0.3, 0.4) is 0 Å². The topological polar surface area (TPSA) is 77.6 Å². The highest BCUT2D eigenvalue weighted by Crippen LogP contribution is 2.28. The van der Waals surface area contributed by atoms with E-state index in [1.807, 2.05) is 62.1 Å². The molecule has 0 aliphatic heterocycles. The van der Waals surface area contributed by atoms with Crippen LogP contribution in [0.2, 0.25) is 10.0 Å². The van der Waals surface area contributed by atoms with Crippen molar-refractivity contribution in [3.05, 3.63) is 93.5 Å². The summed E-state index contributed by atoms with van der Waals surface area (Å²) in [6, 6.07) is 14.8. The predicted octanol–water partition coefficient (Wildman–Crippen LogP) is 6.06. The van der Waals surface area contributed by atoms with Crippen LogP contribution in [0.4, 0.5) is 5.69 Å². The maximum atomic E-state index is 13.5. The highest BCUT2D eigenvalue weighted by atomic mass is 35.5. The van der Waals surface area contributed by atoms with Crippen molar-refractivity contribution in [1.82, 2.24) is 24.5 Å². The Kier molecular flexibility index (Phi) is 6.05. The summed E-state index contributed by atoms with van der Waals surface area (Å²) in [4.78, 5) is 18.3. The summed E-state index contributed by atoms with van der Waals surface area (Å²) >= 11 is 12.4. The lowest BCUT2D eigenvalue weighted by molar-refractivity contribution is 0.102. The number of hydrogen-bond donors (Lipinski definition) is 1. The van der Waals surface area contributed by atoms with Crippen molar-refractivity contribution >= 4 is 45.7 Å². The number of amides is 1. The molecule has 0 saturated heterocycles. The summed E-state index contributed by atoms with van der Waals surface area (Å²) in [5.74, 6) is -0.232. The van der Waals surface area contributed by atoms with Gasteiger partial charge in [-0.05, 0) is 43.7 Å². The lowest BCUT2D eigenvalue weighted by atomic mass is 10.0. The Morgan fingerprint density at radius 1 is 1.09 bits per heavy atom. The molecule has 1 amide bonds. The second-order valence-electron chi connectivity index (χ2n) is 8.37. The van der Waals surface area contributed by atoms with Crippen LogP contribution in [0.1, 0.15) is 27.3 Å². The van der Waals surface area contributed by atoms with E-state index in [0.717, 1.165) is 27.7 Å². The standard InChI is InChI=1S/C26H22Cl2N6O/c1-15-25(16(2)34(32-15)14-17-8-9-19(27)10-22(17)28)31-26(35)21-11-24(18-12-29-33(3)13-18)30-23-7-5-4-6-20(21)23/h4-13H,14H2,1-3H3,(H,31,35). The molecule has 0 fully saturated rings. The van der Waals surface area contributed by atoms with Crippen LogP contribution in [0.25, 0.3) is 22.2 Å². The van der Waals surface area contributed by atoms with Crippen molar-refractivity contribution < 1.29 is 4.79 Å². The Bertz CT molecular complexity index is 1590. The molecule has 3 heterocycles. The number of carbonyl (C=O) groups excluding carboxylic acids is 1. The van der Waals surface area contributed by atoms with Gasteiger partial charge >= 0.3 is 0 Å². The molecule has 2 aromatic carbocycles. The normalized spacial score (nSPS) is 11.2. The summed E-state index contributed by atoms with van der Waals surface area (Å²) in [6.45, 7) is 4.25. The van der Waals surface area contributed by atoms with Gasteiger partial charge in [-0.25, -0.2) is 4.98 Å². The van der Waals surface area contributed by atoms with E-state index in [1.54, 1.807) is 29.1 Å². The van der Waals surface area contributed by atoms with E-state index in [4.69, 9.17) is 28.2 Å². The van der Waals surface area contributed by atoms with Crippen LogP contribution < -0.4 is 5.32 Å². The number of para-hydroxylation sites is 1. The van der Waals surface area contributed by atoms with E-state index in [-0.39, 0.29) is 5.91 Å². The molecule has 0 atom stereocenters. The first-order chi connectivity index (χ1) is 16.8. The third-order valence-electron chi connectivity index (χ3n) is 5.92. The number of nitrogens with zero attached hydrogens (tertiary/aromatic N) is 5. The number of aromatic nitrogens is 5. The molecular formula is C26H22Cl2N6O. The summed E-state index contributed by atoms with van der Waals surface area (Å²) in [5.41, 5.74) is 5.89. The average molecular weight is 505 g/mol. The minimum atomic E-state index is -0.232. The van der Waals surface area contributed by atoms with Gasteiger partial charge in [0.05, 0.1) is 46.6 Å². The molecule has 0 aliphatic carbocycles. The van der Waals surface area contributed by atoms with Gasteiger partial charge in [0, 0.05) is 34.2 Å². The number of benzene rings is 2. The van der Waals surface area contributed by atoms with Gasteiger partial charge in [-0.15, -0.1) is 0 Å². The zero-order valence-corrected chi connectivity index (χ0v) is 20.9. The first-order valence-electron chi connectivity index (χ1n) is 11.0. The molecule has 0 saturated carbocycles. The van der Waals surface area contributed by atoms with E-state index in [9.17, 15) is 4.79 Å². The number of hydrogen-bond acceptors (Lipinski definition) is 4. The smallest absolute Gasteiger partial charge is 0.256 e. The summed E-state index contributed by atoms with van der Waals surface area (Å²) in [7, 11) is 1.85. The predicted molar refractivity (Wildman–Crippen MR) is 139 cm³/mol. The SMILES string of the molecule is Cc1nn(Cc2ccc(Cl)cc2Cl)c(C)c1NC(=O)c1cc(-c2cnn(C)c2)nc2ccccc12. The second kappa shape index (κ2) is 9.17. The molecule has 1 N–H and O–H groups in total. The number of halogens is 2. The van der Waals surface area contributed by atoms with Gasteiger partial charge in [0.15, 0.2) is 0 Å². The summed E-state index contributed by atoms with van der Waals surface area (Å²) < 4.78 is 3.53. The van der Waals surface area contributed by atoms with Crippen molar-refractivity contribution in [2.75, 3.05) is 5.32 Å². The average Bonchev–Trinajstić information content (AvgIpc) is 3.38. The van der Waals surface area contributed by atoms with Crippen molar-refractivity contribution in [1.29, 1.82) is 0 Å². The molecule has 5 aromatic rings. The fourth-order valence-electron chi connectivity index (χ4n) is 4.09. The number of rotatable bonds is 5. The monoisotopic (exact) mass is 504 g/mol. The van der Waals surface area contributed by atoms with E-state index in [2.05, 4.69) is 15.5 Å². The van der Waals surface area contributed by atoms with Crippen molar-refractivity contribution in [2.24, 2.45) is 7.05 Å². The number of aryl methyl sites for hydroxylation is 2. The minimum Gasteiger partial charge on any atom is -0.319 e. The van der Waals surface area contributed by atoms with Gasteiger partial charge in [0.25, 0.3) is 5.91 Å². The van der Waals surface area contributed by atoms with E-state index in [0.29, 0.717) is 39.2 Å². The molecule has 35 heavy (non-hydrogen) atoms. The maximum Gasteiger partial charge on any atom is 0.256 e. The van der Waals surface area contributed by atoms with Crippen LogP contribution in [0.5, 0.6) is 0 Å². The number of pyridine rings is 1. The van der Waals surface area contributed by atoms with Gasteiger partial charge in [-0.1, -0.05) is 47.5 Å². The Morgan fingerprint density at radius 2 is 1.89 bits per heavy atom. The van der Waals surface area contributed by atoms with E-state index in [1.165, 1.54) is 0 Å². The molecule has 0 spiro atoms. The van der Waals surface area contributed by atoms with Crippen LogP contribution in [-0.4, -0.2) is 30.5 Å². The zero-order valence-electron chi connectivity index (χ0n) is 19.4. The Morgan fingerprint density at radius 3 is 2.63 bits per heavy atom. The lowest BCUT2D eigenvalue weighted by Gasteiger charge is -2.11. The first-order valence-corrected chi connectivity index (χ1v) is 11.7. The molecule has 176 valence electrons. The molecule has 5 rings (SSSR count). The Hall–Kier alpha value is -3.68. The molecule has 3 aromatic heterocycles. The fourth-order valence-corrected chi connectivity index (χ4v) is 4.56. The first kappa shape index (κ1) is 23.1. The zero-order chi connectivity index (χ0) is 24.7. The van der Waals surface area contributed by atoms with Gasteiger partial charge in [0.2, 0.25) is 0 Å². The molecular weight excluding hydrogens is 483 g/mol. The molecule has 0 radical (unpaired) electrons. The number of carbonyl (C=O) groups is 1. The van der Waals surface area contributed by atoms with Gasteiger partial charge < -0.3 is 5.32 Å². The van der Waals surface area contributed by atoms with Crippen LogP contribution in [0, 0.1) is 13.8 Å². The molecule has 0 unspecified atom stereocenters. The largest absolute Gasteiger partial charge is 0.319 e. The lowest BCUT2D eigenvalue weighted by Crippen LogP contribution is -2.14. The summed E-state index contributed by atoms with van der Waals surface area (Å²) in [5, 5.41) is 13.9. The Balaban J connectivity index is 1.50. The van der Waals surface area contributed by atoms with Gasteiger partial charge in [-0.3, -0.25) is 14.2 Å². The third-order valence-corrected chi connectivity index (χ3v) is 6.50. The van der Waals surface area contributed by atoms with Gasteiger partial charge in [-0.2, -0.15) is 10.2 Å². The van der Waals surface area contributed by atoms with Crippen LogP contribution in [0.15, 0.2) is 60.9 Å². The van der Waals surface area contributed by atoms with E-state index < -0.39 is 0 Å². The van der Waals surface area contributed by atoms with Crippen molar-refractivity contribution in [3.63, 3.8) is 0 Å². The third kappa shape index (κ3) is 4.52. The van der Waals surface area contributed by atoms with Crippen LogP contribution in [-0.2, 0) is 13.6 Å². The minimum absolute atomic E-state index is 0.232. The number of fused-ring (bicyclic) bond motifs is 1. The molecule has 9 heteroatoms. The number of nitrogens with one attached hydrogen (secondary N) is 1. The Labute approximate surface area is 212 Å². The second-order valence-corrected chi connectivity index (χ2v) is 9.21. The van der Waals surface area contributed by atoms with Crippen molar-refractivity contribution in [3.8, 4) is 11.3 Å². The number of anilines is 1. The van der Waals surface area contributed by atoms with E-state index >= 15 is 0 Å². The maximum absolute atomic E-state index is 13.5. The quantitative estimate of drug-likeness (QED) is 0.315. The highest BCUT2D eigenvalue weighted by Gasteiger charge is 2.19. The molecule has 0 bridgehead atoms. The highest BCUT2D eigenvalue weighted by molar-refractivity contribution is 6.35. The fraction of sp³-hybridized carbons (Fsp3) is 0.154. The molecule has 7 nitrogen and oxygen atoms in total.